The second-order valence-electron chi connectivity index (χ2n) is 8.21. The summed E-state index contributed by atoms with van der Waals surface area (Å²) < 4.78 is 20.8. The van der Waals surface area contributed by atoms with E-state index in [1.54, 1.807) is 6.07 Å². The third kappa shape index (κ3) is 4.82. The van der Waals surface area contributed by atoms with Crippen LogP contribution in [0.25, 0.3) is 10.9 Å². The first-order chi connectivity index (χ1) is 15.8. The Bertz CT molecular complexity index is 1170. The number of carbonyl (C=O) groups excluding carboxylic acids is 2. The van der Waals surface area contributed by atoms with E-state index in [1.807, 2.05) is 9.47 Å². The number of aliphatic carboxylic acids is 1. The highest BCUT2D eigenvalue weighted by Crippen LogP contribution is 2.38. The Morgan fingerprint density at radius 1 is 1.15 bits per heavy atom. The summed E-state index contributed by atoms with van der Waals surface area (Å²) in [5, 5.41) is 22.6. The number of pyridine rings is 1. The summed E-state index contributed by atoms with van der Waals surface area (Å²) in [5.41, 5.74) is 0.159. The first-order valence-electron chi connectivity index (χ1n) is 10.7. The minimum absolute atomic E-state index is 0.137. The van der Waals surface area contributed by atoms with Crippen LogP contribution in [0, 0.1) is 5.82 Å². The van der Waals surface area contributed by atoms with Crippen LogP contribution in [0.15, 0.2) is 23.1 Å². The summed E-state index contributed by atoms with van der Waals surface area (Å²) in [6.45, 7) is 2.96. The number of aromatic nitrogens is 1. The molecule has 2 aromatic rings. The fraction of sp³-hybridized carbons (Fsp3) is 0.455. The van der Waals surface area contributed by atoms with Gasteiger partial charge in [0, 0.05) is 56.6 Å². The van der Waals surface area contributed by atoms with Crippen molar-refractivity contribution in [1.82, 2.24) is 9.88 Å². The second kappa shape index (κ2) is 9.18. The maximum Gasteiger partial charge on any atom is 0.341 e. The molecular formula is C22H23FN3O7-. The molecule has 2 saturated heterocycles. The smallest absolute Gasteiger partial charge is 0.341 e. The molecule has 2 N–H and O–H groups in total. The number of benzene rings is 1. The molecule has 1 aromatic heterocycles. The normalized spacial score (nSPS) is 20.2. The Morgan fingerprint density at radius 3 is 2.36 bits per heavy atom. The Balaban J connectivity index is 0.000000243. The summed E-state index contributed by atoms with van der Waals surface area (Å²) in [4.78, 5) is 45.9. The summed E-state index contributed by atoms with van der Waals surface area (Å²) in [6, 6.07) is 3.08. The van der Waals surface area contributed by atoms with E-state index < -0.39 is 35.3 Å². The number of nitrogens with one attached hydrogen (secondary N) is 1. The van der Waals surface area contributed by atoms with Crippen LogP contribution in [0.1, 0.15) is 42.1 Å². The Morgan fingerprint density at radius 2 is 1.85 bits per heavy atom. The van der Waals surface area contributed by atoms with Gasteiger partial charge in [0.2, 0.25) is 5.43 Å². The lowest BCUT2D eigenvalue weighted by molar-refractivity contribution is -0.314. The second-order valence-corrected chi connectivity index (χ2v) is 8.21. The first-order valence-corrected chi connectivity index (χ1v) is 10.7. The monoisotopic (exact) mass is 460 g/mol. The Labute approximate surface area is 187 Å². The fourth-order valence-corrected chi connectivity index (χ4v) is 4.01. The number of carboxylic acid groups (broad SMARTS) is 2. The highest BCUT2D eigenvalue weighted by molar-refractivity contribution is 5.93. The van der Waals surface area contributed by atoms with Crippen molar-refractivity contribution < 1.29 is 33.7 Å². The third-order valence-electron chi connectivity index (χ3n) is 5.88. The molecule has 1 aliphatic carbocycles. The Kier molecular flexibility index (Phi) is 6.32. The zero-order valence-corrected chi connectivity index (χ0v) is 17.7. The molecule has 10 nitrogen and oxygen atoms in total. The molecule has 1 atom stereocenters. The van der Waals surface area contributed by atoms with Crippen LogP contribution in [-0.2, 0) is 14.3 Å². The van der Waals surface area contributed by atoms with Crippen LogP contribution in [0.5, 0.6) is 0 Å². The van der Waals surface area contributed by atoms with Crippen molar-refractivity contribution in [1.29, 1.82) is 0 Å². The zero-order valence-electron chi connectivity index (χ0n) is 17.7. The van der Waals surface area contributed by atoms with Crippen LogP contribution in [0.3, 0.4) is 0 Å². The zero-order chi connectivity index (χ0) is 23.7. The predicted octanol–water partition coefficient (Wildman–Crippen LogP) is 0.0252. The van der Waals surface area contributed by atoms with Gasteiger partial charge in [0.05, 0.1) is 17.2 Å². The number of hydrogen-bond acceptors (Lipinski definition) is 8. The van der Waals surface area contributed by atoms with Gasteiger partial charge in [0.15, 0.2) is 0 Å². The molecule has 0 spiro atoms. The van der Waals surface area contributed by atoms with E-state index in [0.717, 1.165) is 25.9 Å². The van der Waals surface area contributed by atoms with Gasteiger partial charge in [0.1, 0.15) is 17.5 Å². The number of halogens is 1. The Hall–Kier alpha value is -3.47. The van der Waals surface area contributed by atoms with Crippen molar-refractivity contribution in [3.8, 4) is 0 Å². The van der Waals surface area contributed by atoms with Gasteiger partial charge in [-0.3, -0.25) is 9.59 Å². The molecule has 176 valence electrons. The average molecular weight is 460 g/mol. The van der Waals surface area contributed by atoms with E-state index in [-0.39, 0.29) is 29.8 Å². The number of anilines is 1. The van der Waals surface area contributed by atoms with Gasteiger partial charge in [-0.1, -0.05) is 0 Å². The number of esters is 1. The van der Waals surface area contributed by atoms with Gasteiger partial charge in [-0.15, -0.1) is 0 Å². The van der Waals surface area contributed by atoms with E-state index in [4.69, 9.17) is 0 Å². The van der Waals surface area contributed by atoms with Gasteiger partial charge in [-0.05, 0) is 25.0 Å². The minimum Gasteiger partial charge on any atom is -0.546 e. The summed E-state index contributed by atoms with van der Waals surface area (Å²) in [7, 11) is 0. The van der Waals surface area contributed by atoms with Crippen molar-refractivity contribution in [2.24, 2.45) is 0 Å². The van der Waals surface area contributed by atoms with Gasteiger partial charge in [-0.2, -0.15) is 0 Å². The van der Waals surface area contributed by atoms with Crippen LogP contribution < -0.4 is 20.8 Å². The van der Waals surface area contributed by atoms with E-state index >= 15 is 0 Å². The van der Waals surface area contributed by atoms with Crippen molar-refractivity contribution in [2.75, 3.05) is 31.1 Å². The topological polar surface area (TPSA) is 141 Å². The number of carbonyl (C=O) groups is 3. The molecule has 5 rings (SSSR count). The molecule has 0 amide bonds. The number of cyclic esters (lactones) is 1. The lowest BCUT2D eigenvalue weighted by atomic mass is 10.1. The molecule has 3 heterocycles. The molecule has 3 fully saturated rings. The third-order valence-corrected chi connectivity index (χ3v) is 5.88. The quantitative estimate of drug-likeness (QED) is 0.604. The molecule has 33 heavy (non-hydrogen) atoms. The van der Waals surface area contributed by atoms with Gasteiger partial charge >= 0.3 is 11.9 Å². The maximum atomic E-state index is 14.6. The maximum absolute atomic E-state index is 14.6. The van der Waals surface area contributed by atoms with E-state index in [0.29, 0.717) is 24.3 Å². The number of hydrogen-bond donors (Lipinski definition) is 2. The summed E-state index contributed by atoms with van der Waals surface area (Å²) >= 11 is 0. The van der Waals surface area contributed by atoms with Crippen molar-refractivity contribution in [2.45, 2.75) is 37.8 Å². The molecule has 1 aromatic carbocycles. The van der Waals surface area contributed by atoms with E-state index in [1.165, 1.54) is 12.3 Å². The summed E-state index contributed by atoms with van der Waals surface area (Å²) in [5.74, 6) is -3.51. The van der Waals surface area contributed by atoms with Crippen molar-refractivity contribution in [3.05, 3.63) is 39.9 Å². The highest BCUT2D eigenvalue weighted by atomic mass is 19.1. The van der Waals surface area contributed by atoms with E-state index in [2.05, 4.69) is 10.1 Å². The number of ether oxygens (including phenoxy) is 1. The highest BCUT2D eigenvalue weighted by Gasteiger charge is 2.28. The largest absolute Gasteiger partial charge is 0.546 e. The molecule has 11 heteroatoms. The molecule has 0 bridgehead atoms. The minimum atomic E-state index is -1.30. The number of piperazine rings is 1. The summed E-state index contributed by atoms with van der Waals surface area (Å²) in [6.07, 6.45) is 2.73. The molecule has 0 radical (unpaired) electrons. The lowest BCUT2D eigenvalue weighted by Gasteiger charge is -2.30. The van der Waals surface area contributed by atoms with Crippen LogP contribution in [-0.4, -0.2) is 59.9 Å². The molecule has 3 aliphatic rings. The number of nitrogens with zero attached hydrogens (tertiary/aromatic N) is 2. The lowest BCUT2D eigenvalue weighted by Crippen LogP contribution is -2.43. The van der Waals surface area contributed by atoms with Gasteiger partial charge < -0.3 is 34.5 Å². The van der Waals surface area contributed by atoms with Crippen molar-refractivity contribution in [3.63, 3.8) is 0 Å². The molecular weight excluding hydrogens is 437 g/mol. The van der Waals surface area contributed by atoms with Crippen LogP contribution >= 0.6 is 0 Å². The predicted molar refractivity (Wildman–Crippen MR) is 113 cm³/mol. The van der Waals surface area contributed by atoms with Crippen LogP contribution in [0.4, 0.5) is 10.1 Å². The van der Waals surface area contributed by atoms with E-state index in [9.17, 15) is 33.8 Å². The molecule has 2 aliphatic heterocycles. The van der Waals surface area contributed by atoms with Gasteiger partial charge in [-0.25, -0.2) is 9.18 Å². The first kappa shape index (κ1) is 22.7. The average Bonchev–Trinajstić information content (AvgIpc) is 3.54. The molecule has 1 unspecified atom stereocenters. The number of fused-ring (bicyclic) bond motifs is 1. The fourth-order valence-electron chi connectivity index (χ4n) is 4.01. The number of aromatic carboxylic acids is 1. The molecule has 1 saturated carbocycles. The van der Waals surface area contributed by atoms with Crippen LogP contribution in [0.2, 0.25) is 0 Å². The van der Waals surface area contributed by atoms with Gasteiger partial charge in [0.25, 0.3) is 0 Å². The standard InChI is InChI=1S/C17H18FN3O3.C5H6O4/c18-13-7-11-14(8-15(13)20-5-3-19-4-6-20)21(10-1-2-10)9-12(16(11)22)17(23)24;6-4-2-1-3(9-4)5(7)8/h7-10,19H,1-6H2,(H,23,24);3H,1-2H2,(H,7,8)/p-1. The SMILES string of the molecule is O=C(O)c1cn(C2CC2)c2cc(N3CCNCC3)c(F)cc2c1=O.O=C1CCC(C(=O)[O-])O1. The number of rotatable bonds is 4. The number of carboxylic acids is 2. The van der Waals surface area contributed by atoms with Crippen molar-refractivity contribution >= 4 is 34.5 Å².